The maximum absolute atomic E-state index is 12.1. The van der Waals surface area contributed by atoms with Gasteiger partial charge in [0.05, 0.1) is 18.6 Å². The van der Waals surface area contributed by atoms with E-state index in [1.807, 2.05) is 0 Å². The van der Waals surface area contributed by atoms with E-state index >= 15 is 0 Å². The van der Waals surface area contributed by atoms with Crippen molar-refractivity contribution in [1.29, 1.82) is 0 Å². The second-order valence-corrected chi connectivity index (χ2v) is 5.44. The van der Waals surface area contributed by atoms with Crippen molar-refractivity contribution in [3.63, 3.8) is 0 Å². The maximum atomic E-state index is 12.1. The SMILES string of the molecule is COC1(Cn2c(C)c(CC(=O)O)c(C)nc2=O)CCC1. The average Bonchev–Trinajstić information content (AvgIpc) is 2.32. The van der Waals surface area contributed by atoms with Crippen LogP contribution in [0, 0.1) is 13.8 Å². The number of carbonyl (C=O) groups is 1. The largest absolute Gasteiger partial charge is 0.481 e. The van der Waals surface area contributed by atoms with Crippen LogP contribution in [0.25, 0.3) is 0 Å². The molecule has 1 aliphatic rings. The summed E-state index contributed by atoms with van der Waals surface area (Å²) in [5.41, 5.74) is 1.14. The molecule has 6 nitrogen and oxygen atoms in total. The maximum Gasteiger partial charge on any atom is 0.348 e. The summed E-state index contributed by atoms with van der Waals surface area (Å²) in [7, 11) is 1.65. The van der Waals surface area contributed by atoms with Crippen molar-refractivity contribution in [1.82, 2.24) is 9.55 Å². The highest BCUT2D eigenvalue weighted by atomic mass is 16.5. The summed E-state index contributed by atoms with van der Waals surface area (Å²) in [6.45, 7) is 3.89. The van der Waals surface area contributed by atoms with Gasteiger partial charge in [0.15, 0.2) is 0 Å². The van der Waals surface area contributed by atoms with Gasteiger partial charge in [-0.3, -0.25) is 9.36 Å². The number of aliphatic carboxylic acids is 1. The molecular weight excluding hydrogens is 260 g/mol. The number of carboxylic acids is 1. The average molecular weight is 280 g/mol. The zero-order valence-electron chi connectivity index (χ0n) is 12.1. The van der Waals surface area contributed by atoms with Crippen LogP contribution in [0.3, 0.4) is 0 Å². The lowest BCUT2D eigenvalue weighted by Crippen LogP contribution is -2.46. The second-order valence-electron chi connectivity index (χ2n) is 5.44. The molecule has 1 N–H and O–H groups in total. The Bertz CT molecular complexity index is 582. The Morgan fingerprint density at radius 3 is 2.55 bits per heavy atom. The molecule has 0 bridgehead atoms. The summed E-state index contributed by atoms with van der Waals surface area (Å²) in [4.78, 5) is 27.0. The fourth-order valence-corrected chi connectivity index (χ4v) is 2.72. The molecule has 0 aliphatic heterocycles. The van der Waals surface area contributed by atoms with Crippen LogP contribution < -0.4 is 5.69 Å². The summed E-state index contributed by atoms with van der Waals surface area (Å²) in [5.74, 6) is -0.923. The number of nitrogens with zero attached hydrogens (tertiary/aromatic N) is 2. The Labute approximate surface area is 117 Å². The van der Waals surface area contributed by atoms with Crippen molar-refractivity contribution in [2.24, 2.45) is 0 Å². The number of aromatic nitrogens is 2. The van der Waals surface area contributed by atoms with Crippen molar-refractivity contribution in [2.75, 3.05) is 7.11 Å². The molecule has 0 unspecified atom stereocenters. The summed E-state index contributed by atoms with van der Waals surface area (Å²) in [5, 5.41) is 8.97. The van der Waals surface area contributed by atoms with Gasteiger partial charge in [-0.25, -0.2) is 4.79 Å². The topological polar surface area (TPSA) is 81.4 Å². The Kier molecular flexibility index (Phi) is 3.94. The Balaban J connectivity index is 2.42. The second kappa shape index (κ2) is 5.36. The lowest BCUT2D eigenvalue weighted by atomic mass is 9.80. The van der Waals surface area contributed by atoms with E-state index in [-0.39, 0.29) is 17.7 Å². The molecule has 0 radical (unpaired) electrons. The van der Waals surface area contributed by atoms with Crippen LogP contribution >= 0.6 is 0 Å². The molecule has 0 amide bonds. The van der Waals surface area contributed by atoms with E-state index in [2.05, 4.69) is 4.98 Å². The Morgan fingerprint density at radius 1 is 1.45 bits per heavy atom. The van der Waals surface area contributed by atoms with Gasteiger partial charge in [-0.2, -0.15) is 4.98 Å². The minimum Gasteiger partial charge on any atom is -0.481 e. The highest BCUT2D eigenvalue weighted by Crippen LogP contribution is 2.36. The van der Waals surface area contributed by atoms with E-state index in [1.165, 1.54) is 0 Å². The first kappa shape index (κ1) is 14.7. The number of hydrogen-bond acceptors (Lipinski definition) is 4. The van der Waals surface area contributed by atoms with E-state index in [4.69, 9.17) is 9.84 Å². The first-order valence-electron chi connectivity index (χ1n) is 6.72. The summed E-state index contributed by atoms with van der Waals surface area (Å²) < 4.78 is 7.08. The van der Waals surface area contributed by atoms with Gasteiger partial charge in [0.25, 0.3) is 0 Å². The van der Waals surface area contributed by atoms with Gasteiger partial charge in [-0.05, 0) is 33.1 Å². The fourth-order valence-electron chi connectivity index (χ4n) is 2.72. The van der Waals surface area contributed by atoms with Gasteiger partial charge in [-0.15, -0.1) is 0 Å². The van der Waals surface area contributed by atoms with Crippen LogP contribution in [0.2, 0.25) is 0 Å². The zero-order chi connectivity index (χ0) is 14.9. The summed E-state index contributed by atoms with van der Waals surface area (Å²) in [6, 6.07) is 0. The molecule has 0 saturated heterocycles. The minimum atomic E-state index is -0.923. The van der Waals surface area contributed by atoms with E-state index in [9.17, 15) is 9.59 Å². The molecule has 110 valence electrons. The van der Waals surface area contributed by atoms with Crippen molar-refractivity contribution >= 4 is 5.97 Å². The standard InChI is InChI=1S/C14H20N2O4/c1-9-11(7-12(17)18)10(2)16(13(19)15-9)8-14(20-3)5-4-6-14/h4-8H2,1-3H3,(H,17,18). The van der Waals surface area contributed by atoms with Crippen LogP contribution in [-0.4, -0.2) is 33.3 Å². The van der Waals surface area contributed by atoms with Gasteiger partial charge < -0.3 is 9.84 Å². The van der Waals surface area contributed by atoms with Crippen molar-refractivity contribution in [2.45, 2.75) is 51.7 Å². The molecule has 1 heterocycles. The highest BCUT2D eigenvalue weighted by molar-refractivity contribution is 5.70. The number of carboxylic acid groups (broad SMARTS) is 1. The fraction of sp³-hybridized carbons (Fsp3) is 0.643. The predicted octanol–water partition coefficient (Wildman–Crippen LogP) is 1.06. The quantitative estimate of drug-likeness (QED) is 0.872. The molecule has 1 aromatic rings. The van der Waals surface area contributed by atoms with E-state index < -0.39 is 5.97 Å². The summed E-state index contributed by atoms with van der Waals surface area (Å²) in [6.07, 6.45) is 2.79. The molecule has 2 rings (SSSR count). The predicted molar refractivity (Wildman–Crippen MR) is 72.9 cm³/mol. The van der Waals surface area contributed by atoms with Gasteiger partial charge in [0.1, 0.15) is 0 Å². The monoisotopic (exact) mass is 280 g/mol. The summed E-state index contributed by atoms with van der Waals surface area (Å²) >= 11 is 0. The molecule has 6 heteroatoms. The number of aryl methyl sites for hydroxylation is 1. The van der Waals surface area contributed by atoms with Crippen LogP contribution in [0.1, 0.15) is 36.2 Å². The minimum absolute atomic E-state index is 0.120. The van der Waals surface area contributed by atoms with Crippen LogP contribution in [0.5, 0.6) is 0 Å². The van der Waals surface area contributed by atoms with Gasteiger partial charge >= 0.3 is 11.7 Å². The Morgan fingerprint density at radius 2 is 2.10 bits per heavy atom. The molecular formula is C14H20N2O4. The van der Waals surface area contributed by atoms with E-state index in [1.54, 1.807) is 25.5 Å². The number of methoxy groups -OCH3 is 1. The van der Waals surface area contributed by atoms with Gasteiger partial charge in [0.2, 0.25) is 0 Å². The van der Waals surface area contributed by atoms with E-state index in [0.29, 0.717) is 23.5 Å². The Hall–Kier alpha value is -1.69. The molecule has 0 aromatic carbocycles. The molecule has 20 heavy (non-hydrogen) atoms. The molecule has 0 atom stereocenters. The molecule has 1 aliphatic carbocycles. The lowest BCUT2D eigenvalue weighted by molar-refractivity contribution is -0.136. The van der Waals surface area contributed by atoms with Crippen molar-refractivity contribution in [3.05, 3.63) is 27.4 Å². The van der Waals surface area contributed by atoms with Gasteiger partial charge in [-0.1, -0.05) is 0 Å². The third-order valence-corrected chi connectivity index (χ3v) is 4.24. The van der Waals surface area contributed by atoms with Crippen LogP contribution in [0.15, 0.2) is 4.79 Å². The van der Waals surface area contributed by atoms with Crippen molar-refractivity contribution in [3.8, 4) is 0 Å². The molecule has 1 saturated carbocycles. The molecule has 1 aromatic heterocycles. The third kappa shape index (κ3) is 2.60. The van der Waals surface area contributed by atoms with Crippen molar-refractivity contribution < 1.29 is 14.6 Å². The highest BCUT2D eigenvalue weighted by Gasteiger charge is 2.38. The number of ether oxygens (including phenoxy) is 1. The lowest BCUT2D eigenvalue weighted by Gasteiger charge is -2.41. The molecule has 1 fully saturated rings. The molecule has 0 spiro atoms. The van der Waals surface area contributed by atoms with E-state index in [0.717, 1.165) is 19.3 Å². The number of hydrogen-bond donors (Lipinski definition) is 1. The first-order chi connectivity index (χ1) is 9.38. The first-order valence-corrected chi connectivity index (χ1v) is 6.72. The smallest absolute Gasteiger partial charge is 0.348 e. The van der Waals surface area contributed by atoms with Crippen LogP contribution in [0.4, 0.5) is 0 Å². The van der Waals surface area contributed by atoms with Gasteiger partial charge in [0, 0.05) is 24.1 Å². The normalized spacial score (nSPS) is 16.8. The zero-order valence-corrected chi connectivity index (χ0v) is 12.1. The van der Waals surface area contributed by atoms with Crippen LogP contribution in [-0.2, 0) is 22.5 Å². The third-order valence-electron chi connectivity index (χ3n) is 4.24. The number of rotatable bonds is 5.